The monoisotopic (exact) mass is 251 g/mol. The van der Waals surface area contributed by atoms with E-state index in [1.807, 2.05) is 19.1 Å². The van der Waals surface area contributed by atoms with Crippen molar-refractivity contribution in [2.24, 2.45) is 5.10 Å². The second-order valence-electron chi connectivity index (χ2n) is 3.34. The molecule has 1 aromatic rings. The fourth-order valence-corrected chi connectivity index (χ4v) is 1.17. The predicted molar refractivity (Wildman–Crippen MR) is 65.9 cm³/mol. The molecule has 0 unspecified atom stereocenters. The lowest BCUT2D eigenvalue weighted by Gasteiger charge is -2.01. The minimum atomic E-state index is -1.07. The van der Waals surface area contributed by atoms with Crippen LogP contribution in [0.25, 0.3) is 0 Å². The van der Waals surface area contributed by atoms with Gasteiger partial charge in [-0.3, -0.25) is 0 Å². The maximum atomic E-state index is 11.3. The van der Waals surface area contributed by atoms with E-state index in [1.165, 1.54) is 0 Å². The molecule has 0 radical (unpaired) electrons. The molecule has 0 spiro atoms. The van der Waals surface area contributed by atoms with Crippen LogP contribution < -0.4 is 5.43 Å². The molecule has 1 rings (SSSR count). The van der Waals surface area contributed by atoms with E-state index >= 15 is 0 Å². The first-order valence-corrected chi connectivity index (χ1v) is 5.27. The zero-order valence-corrected chi connectivity index (χ0v) is 10.0. The molecular formula is C11H13N3O4. The summed E-state index contributed by atoms with van der Waals surface area (Å²) in [6.45, 7) is 3.42. The minimum Gasteiger partial charge on any atom is -0.457 e. The summed E-state index contributed by atoms with van der Waals surface area (Å²) in [5, 5.41) is 14.1. The number of esters is 1. The first kappa shape index (κ1) is 13.6. The van der Waals surface area contributed by atoms with Crippen molar-refractivity contribution < 1.29 is 14.5 Å². The first-order valence-electron chi connectivity index (χ1n) is 5.27. The van der Waals surface area contributed by atoms with Gasteiger partial charge in [0.1, 0.15) is 0 Å². The molecule has 1 N–H and O–H groups in total. The van der Waals surface area contributed by atoms with Crippen molar-refractivity contribution in [2.45, 2.75) is 13.8 Å². The number of rotatable bonds is 3. The Balaban J connectivity index is 2.88. The fraction of sp³-hybridized carbons (Fsp3) is 0.273. The molecule has 0 aromatic heterocycles. The van der Waals surface area contributed by atoms with Crippen LogP contribution in [0.4, 0.5) is 5.69 Å². The Morgan fingerprint density at radius 1 is 1.50 bits per heavy atom. The minimum absolute atomic E-state index is 0.0516. The smallest absolute Gasteiger partial charge is 0.457 e. The molecule has 0 heterocycles. The van der Waals surface area contributed by atoms with Gasteiger partial charge in [-0.05, 0) is 30.4 Å². The van der Waals surface area contributed by atoms with E-state index in [0.717, 1.165) is 5.56 Å². The summed E-state index contributed by atoms with van der Waals surface area (Å²) in [4.78, 5) is 21.0. The molecular weight excluding hydrogens is 238 g/mol. The van der Waals surface area contributed by atoms with E-state index in [9.17, 15) is 14.9 Å². The third kappa shape index (κ3) is 3.55. The van der Waals surface area contributed by atoms with Gasteiger partial charge in [0.05, 0.1) is 17.4 Å². The van der Waals surface area contributed by atoms with Crippen LogP contribution in [-0.2, 0) is 9.53 Å². The number of hydrazone groups is 1. The number of para-hydroxylation sites is 1. The van der Waals surface area contributed by atoms with E-state index in [1.54, 1.807) is 19.1 Å². The van der Waals surface area contributed by atoms with Gasteiger partial charge in [-0.25, -0.2) is 4.79 Å². The Morgan fingerprint density at radius 2 is 2.17 bits per heavy atom. The SMILES string of the molecule is CCOC(=O)C(=NNc1ccccc1C)[N+](=O)[O-]. The van der Waals surface area contributed by atoms with Crippen molar-refractivity contribution in [3.05, 3.63) is 39.9 Å². The quantitative estimate of drug-likeness (QED) is 0.289. The van der Waals surface area contributed by atoms with Crippen molar-refractivity contribution in [3.8, 4) is 0 Å². The third-order valence-corrected chi connectivity index (χ3v) is 2.06. The number of nitrogens with zero attached hydrogens (tertiary/aromatic N) is 2. The van der Waals surface area contributed by atoms with Crippen LogP contribution in [0.5, 0.6) is 0 Å². The van der Waals surface area contributed by atoms with Gasteiger partial charge < -0.3 is 14.9 Å². The second kappa shape index (κ2) is 6.33. The number of ether oxygens (including phenoxy) is 1. The van der Waals surface area contributed by atoms with E-state index < -0.39 is 16.7 Å². The molecule has 0 bridgehead atoms. The molecule has 7 nitrogen and oxygen atoms in total. The summed E-state index contributed by atoms with van der Waals surface area (Å²) in [6.07, 6.45) is 0. The van der Waals surface area contributed by atoms with Gasteiger partial charge in [-0.1, -0.05) is 18.2 Å². The maximum Gasteiger partial charge on any atom is 0.473 e. The maximum absolute atomic E-state index is 11.3. The van der Waals surface area contributed by atoms with Gasteiger partial charge in [0, 0.05) is 0 Å². The lowest BCUT2D eigenvalue weighted by Crippen LogP contribution is -2.26. The van der Waals surface area contributed by atoms with E-state index in [-0.39, 0.29) is 6.61 Å². The molecule has 0 aliphatic heterocycles. The number of carbonyl (C=O) groups excluding carboxylic acids is 1. The molecule has 0 saturated heterocycles. The van der Waals surface area contributed by atoms with Crippen LogP contribution >= 0.6 is 0 Å². The van der Waals surface area contributed by atoms with Crippen LogP contribution in [0.3, 0.4) is 0 Å². The Hall–Kier alpha value is -2.44. The summed E-state index contributed by atoms with van der Waals surface area (Å²) in [5.41, 5.74) is 3.92. The summed E-state index contributed by atoms with van der Waals surface area (Å²) in [5.74, 6) is -1.94. The van der Waals surface area contributed by atoms with E-state index in [0.29, 0.717) is 5.69 Å². The van der Waals surface area contributed by atoms with Gasteiger partial charge in [0.2, 0.25) is 0 Å². The zero-order valence-electron chi connectivity index (χ0n) is 10.0. The van der Waals surface area contributed by atoms with Gasteiger partial charge >= 0.3 is 11.8 Å². The molecule has 0 aliphatic carbocycles. The van der Waals surface area contributed by atoms with Crippen LogP contribution in [0.15, 0.2) is 29.4 Å². The summed E-state index contributed by atoms with van der Waals surface area (Å²) >= 11 is 0. The van der Waals surface area contributed by atoms with Crippen molar-refractivity contribution in [3.63, 3.8) is 0 Å². The Labute approximate surface area is 104 Å². The highest BCUT2D eigenvalue weighted by Crippen LogP contribution is 2.12. The van der Waals surface area contributed by atoms with Gasteiger partial charge in [0.25, 0.3) is 0 Å². The van der Waals surface area contributed by atoms with Gasteiger partial charge in [-0.15, -0.1) is 0 Å². The number of hydrogen-bond acceptors (Lipinski definition) is 6. The highest BCUT2D eigenvalue weighted by atomic mass is 16.6. The average molecular weight is 251 g/mol. The van der Waals surface area contributed by atoms with E-state index in [2.05, 4.69) is 15.3 Å². The molecule has 7 heteroatoms. The number of aryl methyl sites for hydroxylation is 1. The number of nitro groups is 1. The van der Waals surface area contributed by atoms with Crippen LogP contribution in [0, 0.1) is 17.0 Å². The molecule has 0 atom stereocenters. The van der Waals surface area contributed by atoms with Crippen LogP contribution in [0.1, 0.15) is 12.5 Å². The first-order chi connectivity index (χ1) is 8.56. The lowest BCUT2D eigenvalue weighted by atomic mass is 10.2. The molecule has 96 valence electrons. The topological polar surface area (TPSA) is 93.8 Å². The predicted octanol–water partition coefficient (Wildman–Crippen LogP) is 1.56. The molecule has 0 saturated carbocycles. The highest BCUT2D eigenvalue weighted by Gasteiger charge is 2.26. The van der Waals surface area contributed by atoms with Crippen LogP contribution in [0.2, 0.25) is 0 Å². The molecule has 18 heavy (non-hydrogen) atoms. The number of carbonyl (C=O) groups is 1. The summed E-state index contributed by atoms with van der Waals surface area (Å²) in [7, 11) is 0. The number of amidine groups is 1. The van der Waals surface area contributed by atoms with Crippen molar-refractivity contribution in [1.82, 2.24) is 0 Å². The van der Waals surface area contributed by atoms with Crippen molar-refractivity contribution >= 4 is 17.5 Å². The summed E-state index contributed by atoms with van der Waals surface area (Å²) < 4.78 is 4.53. The van der Waals surface area contributed by atoms with E-state index in [4.69, 9.17) is 0 Å². The Kier molecular flexibility index (Phi) is 4.79. The largest absolute Gasteiger partial charge is 0.473 e. The van der Waals surface area contributed by atoms with Crippen LogP contribution in [-0.4, -0.2) is 23.3 Å². The molecule has 1 aromatic carbocycles. The standard InChI is InChI=1S/C11H13N3O4/c1-3-18-11(15)10(14(16)17)13-12-9-7-5-4-6-8(9)2/h4-7,12H,3H2,1-2H3. The average Bonchev–Trinajstić information content (AvgIpc) is 2.31. The second-order valence-corrected chi connectivity index (χ2v) is 3.34. The zero-order chi connectivity index (χ0) is 13.5. The summed E-state index contributed by atoms with van der Waals surface area (Å²) in [6, 6.07) is 7.08. The highest BCUT2D eigenvalue weighted by molar-refractivity contribution is 6.31. The Bertz CT molecular complexity index is 485. The third-order valence-electron chi connectivity index (χ3n) is 2.06. The van der Waals surface area contributed by atoms with Gasteiger partial charge in [0.15, 0.2) is 0 Å². The normalized spacial score (nSPS) is 10.9. The van der Waals surface area contributed by atoms with Crippen molar-refractivity contribution in [2.75, 3.05) is 12.0 Å². The van der Waals surface area contributed by atoms with Crippen molar-refractivity contribution in [1.29, 1.82) is 0 Å². The number of hydrogen-bond donors (Lipinski definition) is 1. The fourth-order valence-electron chi connectivity index (χ4n) is 1.17. The Morgan fingerprint density at radius 3 is 2.72 bits per heavy atom. The lowest BCUT2D eigenvalue weighted by molar-refractivity contribution is -0.350. The number of anilines is 1. The molecule has 0 fully saturated rings. The molecule has 0 aliphatic rings. The number of nitrogens with one attached hydrogen (secondary N) is 1. The molecule has 0 amide bonds. The van der Waals surface area contributed by atoms with Gasteiger partial charge in [-0.2, -0.15) is 5.43 Å². The number of benzene rings is 1.